The highest BCUT2D eigenvalue weighted by Crippen LogP contribution is 2.17. The molecule has 0 amide bonds. The van der Waals surface area contributed by atoms with E-state index in [1.54, 1.807) is 11.2 Å². The summed E-state index contributed by atoms with van der Waals surface area (Å²) in [6.07, 6.45) is 1.61. The van der Waals surface area contributed by atoms with E-state index in [0.717, 1.165) is 5.56 Å². The summed E-state index contributed by atoms with van der Waals surface area (Å²) >= 11 is 0. The van der Waals surface area contributed by atoms with Crippen LogP contribution in [0.2, 0.25) is 0 Å². The fourth-order valence-electron chi connectivity index (χ4n) is 1.14. The Kier molecular flexibility index (Phi) is 2.95. The van der Waals surface area contributed by atoms with Gasteiger partial charge < -0.3 is 9.42 Å². The first-order valence-electron chi connectivity index (χ1n) is 4.85. The van der Waals surface area contributed by atoms with Gasteiger partial charge in [-0.15, -0.1) is 0 Å². The topological polar surface area (TPSA) is 54.5 Å². The Morgan fingerprint density at radius 3 is 2.69 bits per heavy atom. The molecule has 5 nitrogen and oxygen atoms in total. The second-order valence-electron chi connectivity index (χ2n) is 3.47. The van der Waals surface area contributed by atoms with Gasteiger partial charge in [0, 0.05) is 19.7 Å². The average molecular weight is 216 g/mol. The normalized spacial score (nSPS) is 10.9. The zero-order valence-corrected chi connectivity index (χ0v) is 9.16. The Balaban J connectivity index is 2.20. The first kappa shape index (κ1) is 10.4. The van der Waals surface area contributed by atoms with Crippen LogP contribution in [0.1, 0.15) is 0 Å². The number of hydrogen-bond donors (Lipinski definition) is 0. The molecule has 0 unspecified atom stereocenters. The van der Waals surface area contributed by atoms with Gasteiger partial charge in [0.15, 0.2) is 0 Å². The van der Waals surface area contributed by atoms with Crippen LogP contribution in [0.25, 0.3) is 11.4 Å². The lowest BCUT2D eigenvalue weighted by Crippen LogP contribution is -2.06. The van der Waals surface area contributed by atoms with Gasteiger partial charge in [0.25, 0.3) is 0 Å². The van der Waals surface area contributed by atoms with Gasteiger partial charge in [-0.2, -0.15) is 9.98 Å². The van der Waals surface area contributed by atoms with Crippen molar-refractivity contribution in [1.82, 2.24) is 15.0 Å². The van der Waals surface area contributed by atoms with Crippen molar-refractivity contribution in [1.29, 1.82) is 0 Å². The molecule has 0 bridgehead atoms. The van der Waals surface area contributed by atoms with E-state index in [4.69, 9.17) is 4.52 Å². The van der Waals surface area contributed by atoms with Crippen molar-refractivity contribution >= 4 is 12.4 Å². The first-order chi connectivity index (χ1) is 7.75. The van der Waals surface area contributed by atoms with Gasteiger partial charge in [0.2, 0.25) is 5.82 Å². The average Bonchev–Trinajstić information content (AvgIpc) is 2.76. The van der Waals surface area contributed by atoms with Gasteiger partial charge in [-0.25, -0.2) is 0 Å². The number of aliphatic imine (C=N–C) groups is 1. The predicted molar refractivity (Wildman–Crippen MR) is 61.6 cm³/mol. The van der Waals surface area contributed by atoms with Gasteiger partial charge in [-0.3, -0.25) is 0 Å². The van der Waals surface area contributed by atoms with E-state index in [2.05, 4.69) is 15.1 Å². The van der Waals surface area contributed by atoms with E-state index < -0.39 is 0 Å². The molecule has 16 heavy (non-hydrogen) atoms. The van der Waals surface area contributed by atoms with Gasteiger partial charge >= 0.3 is 6.01 Å². The van der Waals surface area contributed by atoms with E-state index in [-0.39, 0.29) is 6.01 Å². The number of aromatic nitrogens is 2. The summed E-state index contributed by atoms with van der Waals surface area (Å²) in [5.74, 6) is 0.548. The van der Waals surface area contributed by atoms with Crippen molar-refractivity contribution in [2.75, 3.05) is 14.1 Å². The lowest BCUT2D eigenvalue weighted by atomic mass is 10.2. The highest BCUT2D eigenvalue weighted by atomic mass is 16.5. The molecule has 0 spiro atoms. The fourth-order valence-corrected chi connectivity index (χ4v) is 1.14. The molecular weight excluding hydrogens is 204 g/mol. The van der Waals surface area contributed by atoms with Gasteiger partial charge in [-0.05, 0) is 0 Å². The van der Waals surface area contributed by atoms with E-state index in [0.29, 0.717) is 5.82 Å². The molecule has 82 valence electrons. The van der Waals surface area contributed by atoms with E-state index >= 15 is 0 Å². The molecule has 0 fully saturated rings. The summed E-state index contributed by atoms with van der Waals surface area (Å²) in [5.41, 5.74) is 0.914. The van der Waals surface area contributed by atoms with Crippen LogP contribution in [0, 0.1) is 0 Å². The first-order valence-corrected chi connectivity index (χ1v) is 4.85. The number of nitrogens with zero attached hydrogens (tertiary/aromatic N) is 4. The zero-order valence-electron chi connectivity index (χ0n) is 9.16. The Bertz CT molecular complexity index is 476. The van der Waals surface area contributed by atoms with Crippen LogP contribution in [0.5, 0.6) is 0 Å². The maximum absolute atomic E-state index is 4.98. The summed E-state index contributed by atoms with van der Waals surface area (Å²) in [5, 5.41) is 3.85. The van der Waals surface area contributed by atoms with Crippen molar-refractivity contribution in [3.8, 4) is 11.4 Å². The highest BCUT2D eigenvalue weighted by Gasteiger charge is 2.05. The van der Waals surface area contributed by atoms with Crippen LogP contribution in [-0.4, -0.2) is 35.5 Å². The third-order valence-corrected chi connectivity index (χ3v) is 1.85. The van der Waals surface area contributed by atoms with E-state index in [1.165, 1.54) is 0 Å². The smallest absolute Gasteiger partial charge is 0.349 e. The molecule has 0 saturated heterocycles. The molecule has 2 aromatic rings. The molecule has 0 atom stereocenters. The van der Waals surface area contributed by atoms with Gasteiger partial charge in [0.1, 0.15) is 0 Å². The standard InChI is InChI=1S/C11H12N4O/c1-15(2)8-12-11-13-10(14-16-11)9-6-4-3-5-7-9/h3-8H,1-2H3. The maximum atomic E-state index is 4.98. The SMILES string of the molecule is CN(C)C=Nc1nc(-c2ccccc2)no1. The molecule has 0 aliphatic rings. The van der Waals surface area contributed by atoms with Crippen molar-refractivity contribution in [3.63, 3.8) is 0 Å². The molecular formula is C11H12N4O. The molecule has 0 saturated carbocycles. The largest absolute Gasteiger partial charge is 0.369 e. The predicted octanol–water partition coefficient (Wildman–Crippen LogP) is 1.96. The quantitative estimate of drug-likeness (QED) is 0.581. The molecule has 1 aromatic carbocycles. The second-order valence-corrected chi connectivity index (χ2v) is 3.47. The van der Waals surface area contributed by atoms with Gasteiger partial charge in [-0.1, -0.05) is 35.5 Å². The molecule has 1 heterocycles. The molecule has 5 heteroatoms. The minimum absolute atomic E-state index is 0.257. The molecule has 2 rings (SSSR count). The summed E-state index contributed by atoms with van der Waals surface area (Å²) in [6.45, 7) is 0. The number of rotatable bonds is 3. The monoisotopic (exact) mass is 216 g/mol. The highest BCUT2D eigenvalue weighted by molar-refractivity contribution is 5.59. The zero-order chi connectivity index (χ0) is 11.4. The second kappa shape index (κ2) is 4.57. The van der Waals surface area contributed by atoms with Crippen molar-refractivity contribution < 1.29 is 4.52 Å². The van der Waals surface area contributed by atoms with Gasteiger partial charge in [0.05, 0.1) is 6.34 Å². The molecule has 0 N–H and O–H groups in total. The van der Waals surface area contributed by atoms with Crippen LogP contribution in [0.15, 0.2) is 39.8 Å². The van der Waals surface area contributed by atoms with Crippen LogP contribution in [-0.2, 0) is 0 Å². The third-order valence-electron chi connectivity index (χ3n) is 1.85. The molecule has 0 aliphatic heterocycles. The molecule has 1 aromatic heterocycles. The minimum atomic E-state index is 0.257. The van der Waals surface area contributed by atoms with Crippen molar-refractivity contribution in [3.05, 3.63) is 30.3 Å². The van der Waals surface area contributed by atoms with E-state index in [9.17, 15) is 0 Å². The Hall–Kier alpha value is -2.17. The summed E-state index contributed by atoms with van der Waals surface area (Å²) in [7, 11) is 3.75. The lowest BCUT2D eigenvalue weighted by molar-refractivity contribution is 0.429. The molecule has 0 radical (unpaired) electrons. The van der Waals surface area contributed by atoms with E-state index in [1.807, 2.05) is 44.4 Å². The Morgan fingerprint density at radius 1 is 1.25 bits per heavy atom. The summed E-state index contributed by atoms with van der Waals surface area (Å²) in [6, 6.07) is 9.89. The third kappa shape index (κ3) is 2.44. The van der Waals surface area contributed by atoms with Crippen LogP contribution in [0.4, 0.5) is 6.01 Å². The van der Waals surface area contributed by atoms with Crippen molar-refractivity contribution in [2.24, 2.45) is 4.99 Å². The number of hydrogen-bond acceptors (Lipinski definition) is 4. The summed E-state index contributed by atoms with van der Waals surface area (Å²) < 4.78 is 4.98. The maximum Gasteiger partial charge on any atom is 0.349 e. The lowest BCUT2D eigenvalue weighted by Gasteiger charge is -1.99. The fraction of sp³-hybridized carbons (Fsp3) is 0.182. The number of benzene rings is 1. The minimum Gasteiger partial charge on any atom is -0.369 e. The Labute approximate surface area is 93.4 Å². The van der Waals surface area contributed by atoms with Crippen LogP contribution in [0.3, 0.4) is 0 Å². The van der Waals surface area contributed by atoms with Crippen LogP contribution < -0.4 is 0 Å². The molecule has 0 aliphatic carbocycles. The Morgan fingerprint density at radius 2 is 2.00 bits per heavy atom. The van der Waals surface area contributed by atoms with Crippen molar-refractivity contribution in [2.45, 2.75) is 0 Å². The van der Waals surface area contributed by atoms with Crippen LogP contribution >= 0.6 is 0 Å². The summed E-state index contributed by atoms with van der Waals surface area (Å²) in [4.78, 5) is 9.96.